The van der Waals surface area contributed by atoms with Crippen molar-refractivity contribution in [2.24, 2.45) is 11.8 Å². The summed E-state index contributed by atoms with van der Waals surface area (Å²) in [5.41, 5.74) is 0.497. The van der Waals surface area contributed by atoms with Gasteiger partial charge in [0.05, 0.1) is 5.54 Å². The van der Waals surface area contributed by atoms with E-state index in [-0.39, 0.29) is 0 Å². The average Bonchev–Trinajstić information content (AvgIpc) is 2.44. The monoisotopic (exact) mass is 138 g/mol. The number of hydrogen-bond donors (Lipinski definition) is 0. The van der Waals surface area contributed by atoms with Gasteiger partial charge < -0.3 is 0 Å². The van der Waals surface area contributed by atoms with Crippen LogP contribution in [0.4, 0.5) is 0 Å². The molecule has 1 spiro atoms. The molecule has 57 valence electrons. The summed E-state index contributed by atoms with van der Waals surface area (Å²) < 4.78 is 0. The smallest absolute Gasteiger partial charge is 0.0503 e. The molecule has 1 radical (unpaired) electrons. The average molecular weight is 138 g/mol. The molecule has 1 heteroatoms. The predicted octanol–water partition coefficient (Wildman–Crippen LogP) is 1.80. The van der Waals surface area contributed by atoms with Gasteiger partial charge in [0.15, 0.2) is 0 Å². The summed E-state index contributed by atoms with van der Waals surface area (Å²) >= 11 is 0. The van der Waals surface area contributed by atoms with Crippen molar-refractivity contribution in [3.63, 3.8) is 0 Å². The highest BCUT2D eigenvalue weighted by Crippen LogP contribution is 2.42. The molecule has 0 amide bonds. The summed E-state index contributed by atoms with van der Waals surface area (Å²) in [6.07, 6.45) is 4.17. The van der Waals surface area contributed by atoms with E-state index in [0.717, 1.165) is 11.8 Å². The standard InChI is InChI=1S/C9H16N/c1-7-3-8(2)5-9(4-7)6-10-9/h7-8H,3-6H2,1-2H3. The van der Waals surface area contributed by atoms with Crippen LogP contribution in [0.3, 0.4) is 0 Å². The van der Waals surface area contributed by atoms with Crippen LogP contribution >= 0.6 is 0 Å². The summed E-state index contributed by atoms with van der Waals surface area (Å²) in [6, 6.07) is 0. The largest absolute Gasteiger partial charge is 0.232 e. The van der Waals surface area contributed by atoms with Crippen LogP contribution in [0, 0.1) is 11.8 Å². The van der Waals surface area contributed by atoms with Crippen molar-refractivity contribution in [1.29, 1.82) is 0 Å². The van der Waals surface area contributed by atoms with E-state index in [1.54, 1.807) is 0 Å². The van der Waals surface area contributed by atoms with Crippen LogP contribution in [0.5, 0.6) is 0 Å². The van der Waals surface area contributed by atoms with Crippen molar-refractivity contribution in [2.75, 3.05) is 6.54 Å². The van der Waals surface area contributed by atoms with Gasteiger partial charge in [-0.25, -0.2) is 5.32 Å². The Morgan fingerprint density at radius 3 is 2.10 bits per heavy atom. The highest BCUT2D eigenvalue weighted by molar-refractivity contribution is 5.06. The summed E-state index contributed by atoms with van der Waals surface area (Å²) in [7, 11) is 0. The second kappa shape index (κ2) is 1.97. The van der Waals surface area contributed by atoms with E-state index in [2.05, 4.69) is 19.2 Å². The fraction of sp³-hybridized carbons (Fsp3) is 1.00. The minimum absolute atomic E-state index is 0.497. The van der Waals surface area contributed by atoms with Crippen molar-refractivity contribution < 1.29 is 0 Å². The molecule has 1 aliphatic carbocycles. The third-order valence-corrected chi connectivity index (χ3v) is 2.87. The zero-order valence-electron chi connectivity index (χ0n) is 6.93. The number of hydrogen-bond acceptors (Lipinski definition) is 0. The van der Waals surface area contributed by atoms with Crippen LogP contribution in [0.15, 0.2) is 0 Å². The van der Waals surface area contributed by atoms with Gasteiger partial charge in [0, 0.05) is 6.54 Å². The fourth-order valence-corrected chi connectivity index (χ4v) is 2.60. The van der Waals surface area contributed by atoms with E-state index in [9.17, 15) is 0 Å². The van der Waals surface area contributed by atoms with E-state index < -0.39 is 0 Å². The van der Waals surface area contributed by atoms with Crippen molar-refractivity contribution >= 4 is 0 Å². The van der Waals surface area contributed by atoms with Gasteiger partial charge in [-0.3, -0.25) is 0 Å². The van der Waals surface area contributed by atoms with Crippen LogP contribution < -0.4 is 5.32 Å². The Labute approximate surface area is 63.2 Å². The first-order valence-electron chi connectivity index (χ1n) is 4.39. The lowest BCUT2D eigenvalue weighted by Crippen LogP contribution is -2.27. The van der Waals surface area contributed by atoms with Crippen LogP contribution in [-0.4, -0.2) is 12.1 Å². The first kappa shape index (κ1) is 6.66. The maximum absolute atomic E-state index is 4.49. The minimum atomic E-state index is 0.497. The van der Waals surface area contributed by atoms with Gasteiger partial charge in [-0.05, 0) is 31.1 Å². The molecule has 1 aliphatic heterocycles. The van der Waals surface area contributed by atoms with E-state index in [0.29, 0.717) is 5.54 Å². The van der Waals surface area contributed by atoms with Gasteiger partial charge in [-0.2, -0.15) is 0 Å². The van der Waals surface area contributed by atoms with Gasteiger partial charge in [-0.1, -0.05) is 13.8 Å². The normalized spacial score (nSPS) is 53.4. The Kier molecular flexibility index (Phi) is 1.31. The molecule has 2 unspecified atom stereocenters. The summed E-state index contributed by atoms with van der Waals surface area (Å²) in [4.78, 5) is 0. The lowest BCUT2D eigenvalue weighted by molar-refractivity contribution is 0.249. The van der Waals surface area contributed by atoms with Crippen LogP contribution in [0.25, 0.3) is 0 Å². The molecule has 1 saturated heterocycles. The second-order valence-electron chi connectivity index (χ2n) is 4.39. The molecule has 1 heterocycles. The fourth-order valence-electron chi connectivity index (χ4n) is 2.60. The predicted molar refractivity (Wildman–Crippen MR) is 41.9 cm³/mol. The molecule has 0 N–H and O–H groups in total. The van der Waals surface area contributed by atoms with Gasteiger partial charge in [0.25, 0.3) is 0 Å². The van der Waals surface area contributed by atoms with Crippen molar-refractivity contribution in [3.8, 4) is 0 Å². The molecule has 0 aromatic heterocycles. The molecule has 0 aromatic carbocycles. The summed E-state index contributed by atoms with van der Waals surface area (Å²) in [6.45, 7) is 5.90. The molecule has 1 saturated carbocycles. The first-order chi connectivity index (χ1) is 4.70. The van der Waals surface area contributed by atoms with E-state index in [1.807, 2.05) is 0 Å². The molecule has 1 nitrogen and oxygen atoms in total. The first-order valence-corrected chi connectivity index (χ1v) is 4.39. The quantitative estimate of drug-likeness (QED) is 0.453. The highest BCUT2D eigenvalue weighted by Gasteiger charge is 2.48. The Morgan fingerprint density at radius 2 is 1.70 bits per heavy atom. The molecule has 2 aliphatic rings. The number of rotatable bonds is 0. The van der Waals surface area contributed by atoms with Gasteiger partial charge in [-0.15, -0.1) is 0 Å². The summed E-state index contributed by atoms with van der Waals surface area (Å²) in [5, 5.41) is 4.49. The minimum Gasteiger partial charge on any atom is -0.232 e. The molecule has 0 aromatic rings. The van der Waals surface area contributed by atoms with Gasteiger partial charge >= 0.3 is 0 Å². The zero-order chi connectivity index (χ0) is 7.19. The Morgan fingerprint density at radius 1 is 1.20 bits per heavy atom. The molecule has 2 rings (SSSR count). The van der Waals surface area contributed by atoms with E-state index >= 15 is 0 Å². The molecule has 10 heavy (non-hydrogen) atoms. The molecule has 2 atom stereocenters. The maximum Gasteiger partial charge on any atom is 0.0503 e. The van der Waals surface area contributed by atoms with Crippen LogP contribution in [0.1, 0.15) is 33.1 Å². The van der Waals surface area contributed by atoms with E-state index in [1.165, 1.54) is 25.8 Å². The van der Waals surface area contributed by atoms with Crippen LogP contribution in [-0.2, 0) is 0 Å². The second-order valence-corrected chi connectivity index (χ2v) is 4.39. The Bertz CT molecular complexity index is 126. The Balaban J connectivity index is 2.00. The number of nitrogens with zero attached hydrogens (tertiary/aromatic N) is 1. The van der Waals surface area contributed by atoms with Crippen molar-refractivity contribution in [2.45, 2.75) is 38.6 Å². The lowest BCUT2D eigenvalue weighted by Gasteiger charge is -2.29. The van der Waals surface area contributed by atoms with Gasteiger partial charge in [0.2, 0.25) is 0 Å². The van der Waals surface area contributed by atoms with Crippen LogP contribution in [0.2, 0.25) is 0 Å². The summed E-state index contributed by atoms with van der Waals surface area (Å²) in [5.74, 6) is 1.85. The molecule has 0 bridgehead atoms. The molecular weight excluding hydrogens is 122 g/mol. The third kappa shape index (κ3) is 1.07. The maximum atomic E-state index is 4.49. The topological polar surface area (TPSA) is 14.1 Å². The van der Waals surface area contributed by atoms with E-state index in [4.69, 9.17) is 0 Å². The lowest BCUT2D eigenvalue weighted by atomic mass is 9.76. The van der Waals surface area contributed by atoms with Crippen molar-refractivity contribution in [1.82, 2.24) is 5.32 Å². The SMILES string of the molecule is CC1CC(C)CC2(C[N]2)C1. The molecule has 2 fully saturated rings. The highest BCUT2D eigenvalue weighted by atomic mass is 15.2. The third-order valence-electron chi connectivity index (χ3n) is 2.87. The van der Waals surface area contributed by atoms with Crippen molar-refractivity contribution in [3.05, 3.63) is 0 Å². The Hall–Kier alpha value is -0.0400. The zero-order valence-corrected chi connectivity index (χ0v) is 6.93. The molecular formula is C9H16N. The van der Waals surface area contributed by atoms with Gasteiger partial charge in [0.1, 0.15) is 0 Å².